The number of anilines is 1. The number of aromatic nitrogens is 3. The monoisotopic (exact) mass is 510 g/mol. The molecule has 4 bridgehead atoms. The van der Waals surface area contributed by atoms with Crippen LogP contribution >= 0.6 is 0 Å². The second-order valence-electron chi connectivity index (χ2n) is 8.95. The number of carbonyl (C=O) groups is 2. The van der Waals surface area contributed by atoms with E-state index in [2.05, 4.69) is 15.2 Å². The predicted octanol–water partition coefficient (Wildman–Crippen LogP) is 5.16. The quantitative estimate of drug-likeness (QED) is 0.447. The Kier molecular flexibility index (Phi) is 6.61. The molecule has 0 unspecified atom stereocenters. The van der Waals surface area contributed by atoms with Gasteiger partial charge in [0.05, 0.1) is 11.3 Å². The number of aliphatic hydroxyl groups is 1. The molecule has 3 rings (SSSR count). The molecule has 0 fully saturated rings. The number of ketones is 1. The van der Waals surface area contributed by atoms with E-state index in [1.165, 1.54) is 0 Å². The molecule has 0 spiro atoms. The van der Waals surface area contributed by atoms with Crippen LogP contribution < -0.4 is 5.32 Å². The van der Waals surface area contributed by atoms with Crippen LogP contribution in [0.25, 0.3) is 11.6 Å². The number of alkyl halides is 6. The van der Waals surface area contributed by atoms with E-state index in [4.69, 9.17) is 9.52 Å². The van der Waals surface area contributed by atoms with E-state index in [0.29, 0.717) is 0 Å². The summed E-state index contributed by atoms with van der Waals surface area (Å²) < 4.78 is 87.6. The molecular weight excluding hydrogens is 490 g/mol. The van der Waals surface area contributed by atoms with Crippen LogP contribution in [0.4, 0.5) is 36.8 Å². The van der Waals surface area contributed by atoms with E-state index in [1.54, 1.807) is 19.2 Å². The largest absolute Gasteiger partial charge is 0.465 e. The highest BCUT2D eigenvalue weighted by Crippen LogP contribution is 2.45. The number of hydrogen-bond acceptors (Lipinski definition) is 7. The van der Waals surface area contributed by atoms with Crippen molar-refractivity contribution in [3.8, 4) is 11.6 Å². The van der Waals surface area contributed by atoms with Crippen molar-refractivity contribution < 1.29 is 50.6 Å². The highest BCUT2D eigenvalue weighted by molar-refractivity contribution is 5.98. The van der Waals surface area contributed by atoms with E-state index >= 15 is 0 Å². The minimum absolute atomic E-state index is 0.103. The smallest absolute Gasteiger partial charge is 0.426 e. The average molecular weight is 510 g/mol. The summed E-state index contributed by atoms with van der Waals surface area (Å²) in [6, 6.07) is 0.280. The van der Waals surface area contributed by atoms with Crippen molar-refractivity contribution in [3.63, 3.8) is 0 Å². The molecule has 1 aliphatic heterocycles. The topological polar surface area (TPSA) is 138 Å². The number of nitrogens with one attached hydrogen (secondary N) is 1. The Hall–Kier alpha value is -3.23. The first-order chi connectivity index (χ1) is 15.9. The van der Waals surface area contributed by atoms with Gasteiger partial charge in [-0.05, 0) is 30.7 Å². The minimum atomic E-state index is -5.25. The van der Waals surface area contributed by atoms with Crippen LogP contribution in [0, 0.1) is 5.41 Å². The summed E-state index contributed by atoms with van der Waals surface area (Å²) in [4.78, 5) is 27.7. The lowest BCUT2D eigenvalue weighted by atomic mass is 9.80. The number of Topliss-reactive ketones (excluding diaryl/α,β-unsaturated/α-hetero) is 1. The van der Waals surface area contributed by atoms with Crippen molar-refractivity contribution in [1.29, 1.82) is 0 Å². The van der Waals surface area contributed by atoms with E-state index in [9.17, 15) is 41.0 Å². The van der Waals surface area contributed by atoms with Crippen LogP contribution in [-0.2, 0) is 11.8 Å². The number of amides is 1. The summed E-state index contributed by atoms with van der Waals surface area (Å²) in [7, 11) is 0. The van der Waals surface area contributed by atoms with Crippen LogP contribution in [0.3, 0.4) is 0 Å². The molecule has 9 nitrogen and oxygen atoms in total. The second-order valence-corrected chi connectivity index (χ2v) is 8.95. The molecule has 3 heterocycles. The summed E-state index contributed by atoms with van der Waals surface area (Å²) in [5.41, 5.74) is -8.80. The van der Waals surface area contributed by atoms with Crippen molar-refractivity contribution in [1.82, 2.24) is 15.2 Å². The van der Waals surface area contributed by atoms with Crippen molar-refractivity contribution in [2.24, 2.45) is 5.41 Å². The van der Waals surface area contributed by atoms with Crippen molar-refractivity contribution in [2.75, 3.05) is 5.32 Å². The Morgan fingerprint density at radius 2 is 1.71 bits per heavy atom. The van der Waals surface area contributed by atoms with Crippen molar-refractivity contribution >= 4 is 17.6 Å². The maximum absolute atomic E-state index is 13.8. The molecule has 3 N–H and O–H groups in total. The van der Waals surface area contributed by atoms with Gasteiger partial charge in [-0.1, -0.05) is 20.3 Å². The summed E-state index contributed by atoms with van der Waals surface area (Å²) in [5.74, 6) is -3.24. The zero-order valence-electron chi connectivity index (χ0n) is 18.3. The molecule has 2 aromatic rings. The van der Waals surface area contributed by atoms with Gasteiger partial charge in [-0.15, -0.1) is 10.2 Å². The zero-order valence-corrected chi connectivity index (χ0v) is 18.3. The van der Waals surface area contributed by atoms with E-state index in [-0.39, 0.29) is 25.3 Å². The van der Waals surface area contributed by atoms with Gasteiger partial charge in [0.2, 0.25) is 5.60 Å². The Morgan fingerprint density at radius 1 is 1.09 bits per heavy atom. The number of hydrogen-bond donors (Lipinski definition) is 3. The Labute approximate surface area is 193 Å². The van der Waals surface area contributed by atoms with Crippen molar-refractivity contribution in [3.05, 3.63) is 23.2 Å². The molecular formula is C20H20F6N4O5. The van der Waals surface area contributed by atoms with Gasteiger partial charge >= 0.3 is 18.4 Å². The third kappa shape index (κ3) is 5.39. The van der Waals surface area contributed by atoms with Crippen LogP contribution in [0.15, 0.2) is 10.5 Å². The maximum Gasteiger partial charge on any atom is 0.426 e. The normalized spacial score (nSPS) is 21.3. The Balaban J connectivity index is 2.32. The maximum atomic E-state index is 13.8. The van der Waals surface area contributed by atoms with Crippen LogP contribution in [0.1, 0.15) is 67.9 Å². The molecule has 0 radical (unpaired) electrons. The lowest BCUT2D eigenvalue weighted by Crippen LogP contribution is -2.42. The van der Waals surface area contributed by atoms with E-state index in [0.717, 1.165) is 0 Å². The summed E-state index contributed by atoms with van der Waals surface area (Å²) >= 11 is 0. The first-order valence-electron chi connectivity index (χ1n) is 10.2. The highest BCUT2D eigenvalue weighted by atomic mass is 19.4. The number of fused-ring (bicyclic) bond motifs is 5. The molecule has 1 aliphatic rings. The van der Waals surface area contributed by atoms with Crippen LogP contribution in [0.2, 0.25) is 0 Å². The Bertz CT molecular complexity index is 1140. The van der Waals surface area contributed by atoms with Crippen molar-refractivity contribution in [2.45, 2.75) is 63.9 Å². The number of carbonyl (C=O) groups excluding carboxylic acids is 1. The third-order valence-electron chi connectivity index (χ3n) is 5.57. The van der Waals surface area contributed by atoms with E-state index in [1.807, 2.05) is 0 Å². The van der Waals surface area contributed by atoms with E-state index < -0.39 is 82.5 Å². The number of pyridine rings is 1. The summed E-state index contributed by atoms with van der Waals surface area (Å²) in [6.45, 7) is 3.12. The highest BCUT2D eigenvalue weighted by Gasteiger charge is 2.58. The average Bonchev–Trinajstić information content (AvgIpc) is 3.18. The van der Waals surface area contributed by atoms with Gasteiger partial charge in [-0.3, -0.25) is 10.1 Å². The second kappa shape index (κ2) is 8.77. The lowest BCUT2D eigenvalue weighted by Gasteiger charge is -2.28. The Morgan fingerprint density at radius 3 is 2.29 bits per heavy atom. The summed E-state index contributed by atoms with van der Waals surface area (Å²) in [5, 5.41) is 27.7. The van der Waals surface area contributed by atoms with Crippen LogP contribution in [-0.4, -0.2) is 43.4 Å². The van der Waals surface area contributed by atoms with Gasteiger partial charge in [-0.25, -0.2) is 9.78 Å². The SMILES string of the molecule is CC1(C)CCCC[C@](O)(C(F)(F)F)c2nnc(o2)-c2nc(c(C(F)(F)F)cc2NC(=O)O)C(=O)C1. The molecule has 35 heavy (non-hydrogen) atoms. The first-order valence-corrected chi connectivity index (χ1v) is 10.2. The van der Waals surface area contributed by atoms with Gasteiger partial charge < -0.3 is 14.6 Å². The molecule has 192 valence electrons. The minimum Gasteiger partial charge on any atom is -0.465 e. The van der Waals surface area contributed by atoms with Gasteiger partial charge in [0.25, 0.3) is 11.8 Å². The molecule has 2 aromatic heterocycles. The predicted molar refractivity (Wildman–Crippen MR) is 105 cm³/mol. The molecule has 0 saturated carbocycles. The fourth-order valence-electron chi connectivity index (χ4n) is 3.76. The number of nitrogens with zero attached hydrogens (tertiary/aromatic N) is 3. The molecule has 0 aromatic carbocycles. The fraction of sp³-hybridized carbons (Fsp3) is 0.550. The van der Waals surface area contributed by atoms with Gasteiger partial charge in [-0.2, -0.15) is 26.3 Å². The van der Waals surface area contributed by atoms with Crippen LogP contribution in [0.5, 0.6) is 0 Å². The van der Waals surface area contributed by atoms with Gasteiger partial charge in [0.1, 0.15) is 5.69 Å². The number of halogens is 6. The standard InChI is InChI=1S/C20H20F6N4O5/c1-17(2)5-3-4-6-18(34,20(24,25)26)15-30-29-14(35-15)13-10(27-16(32)33)7-9(19(21,22)23)12(28-13)11(31)8-17/h7,27,34H,3-6,8H2,1-2H3,(H,32,33)/t18-/m1/s1. The molecule has 1 amide bonds. The fourth-order valence-corrected chi connectivity index (χ4v) is 3.76. The molecule has 0 aliphatic carbocycles. The number of rotatable bonds is 1. The molecule has 15 heteroatoms. The zero-order chi connectivity index (χ0) is 26.4. The van der Waals surface area contributed by atoms with Gasteiger partial charge in [0, 0.05) is 6.42 Å². The molecule has 1 atom stereocenters. The molecule has 0 saturated heterocycles. The third-order valence-corrected chi connectivity index (χ3v) is 5.57. The number of carboxylic acid groups (broad SMARTS) is 1. The van der Waals surface area contributed by atoms with Gasteiger partial charge in [0.15, 0.2) is 11.5 Å². The lowest BCUT2D eigenvalue weighted by molar-refractivity contribution is -0.277. The first kappa shape index (κ1) is 26.4. The summed E-state index contributed by atoms with van der Waals surface area (Å²) in [6.07, 6.45) is -13.4.